The van der Waals surface area contributed by atoms with Gasteiger partial charge in [0.05, 0.1) is 0 Å². The number of rotatable bonds is 7. The summed E-state index contributed by atoms with van der Waals surface area (Å²) in [5.41, 5.74) is 3.17. The second kappa shape index (κ2) is 8.08. The first-order chi connectivity index (χ1) is 6.63. The van der Waals surface area contributed by atoms with Gasteiger partial charge < -0.3 is 0 Å². The third-order valence-corrected chi connectivity index (χ3v) is 3.19. The summed E-state index contributed by atoms with van der Waals surface area (Å²) in [5.74, 6) is 0.858. The Labute approximate surface area is 90.8 Å². The van der Waals surface area contributed by atoms with Crippen molar-refractivity contribution in [2.24, 2.45) is 5.92 Å². The van der Waals surface area contributed by atoms with Gasteiger partial charge in [-0.15, -0.1) is 0 Å². The van der Waals surface area contributed by atoms with Gasteiger partial charge in [0.15, 0.2) is 0 Å². The Morgan fingerprint density at radius 3 is 1.93 bits per heavy atom. The maximum atomic E-state index is 2.32. The van der Waals surface area contributed by atoms with Crippen molar-refractivity contribution in [3.8, 4) is 0 Å². The average molecular weight is 196 g/mol. The van der Waals surface area contributed by atoms with E-state index in [0.29, 0.717) is 0 Å². The molecule has 0 aromatic carbocycles. The molecule has 1 unspecified atom stereocenters. The van der Waals surface area contributed by atoms with Crippen LogP contribution in [0.2, 0.25) is 0 Å². The molecule has 0 N–H and O–H groups in total. The van der Waals surface area contributed by atoms with Gasteiger partial charge in [0.1, 0.15) is 0 Å². The molecule has 84 valence electrons. The Morgan fingerprint density at radius 1 is 0.857 bits per heavy atom. The van der Waals surface area contributed by atoms with Crippen LogP contribution in [0.5, 0.6) is 0 Å². The van der Waals surface area contributed by atoms with Gasteiger partial charge in [0.25, 0.3) is 0 Å². The summed E-state index contributed by atoms with van der Waals surface area (Å²) in [6.07, 6.45) is 8.25. The van der Waals surface area contributed by atoms with Crippen LogP contribution in [-0.2, 0) is 0 Å². The van der Waals surface area contributed by atoms with E-state index in [1.807, 2.05) is 0 Å². The molecule has 14 heavy (non-hydrogen) atoms. The molecular weight excluding hydrogens is 168 g/mol. The highest BCUT2D eigenvalue weighted by molar-refractivity contribution is 5.10. The van der Waals surface area contributed by atoms with E-state index in [4.69, 9.17) is 0 Å². The van der Waals surface area contributed by atoms with Crippen LogP contribution in [-0.4, -0.2) is 0 Å². The first-order valence-corrected chi connectivity index (χ1v) is 6.27. The van der Waals surface area contributed by atoms with Crippen LogP contribution in [0.3, 0.4) is 0 Å². The zero-order chi connectivity index (χ0) is 11.0. The quantitative estimate of drug-likeness (QED) is 0.381. The molecule has 0 fully saturated rings. The zero-order valence-corrected chi connectivity index (χ0v) is 10.8. The Morgan fingerprint density at radius 2 is 1.50 bits per heavy atom. The number of hydrogen-bond acceptors (Lipinski definition) is 0. The van der Waals surface area contributed by atoms with Crippen molar-refractivity contribution in [2.75, 3.05) is 0 Å². The Balaban J connectivity index is 4.08. The first-order valence-electron chi connectivity index (χ1n) is 6.27. The van der Waals surface area contributed by atoms with Crippen LogP contribution in [0, 0.1) is 5.92 Å². The van der Waals surface area contributed by atoms with E-state index < -0.39 is 0 Å². The van der Waals surface area contributed by atoms with Gasteiger partial charge in [-0.05, 0) is 39.5 Å². The molecule has 0 heteroatoms. The second-order valence-electron chi connectivity index (χ2n) is 4.66. The van der Waals surface area contributed by atoms with Crippen molar-refractivity contribution >= 4 is 0 Å². The van der Waals surface area contributed by atoms with E-state index in [1.165, 1.54) is 44.1 Å². The average Bonchev–Trinajstić information content (AvgIpc) is 2.15. The smallest absolute Gasteiger partial charge is 0.0204 e. The lowest BCUT2D eigenvalue weighted by atomic mass is 9.88. The lowest BCUT2D eigenvalue weighted by Gasteiger charge is -2.18. The van der Waals surface area contributed by atoms with Crippen molar-refractivity contribution in [3.63, 3.8) is 0 Å². The lowest BCUT2D eigenvalue weighted by Crippen LogP contribution is -2.03. The molecule has 0 aromatic rings. The van der Waals surface area contributed by atoms with Gasteiger partial charge in [-0.3, -0.25) is 0 Å². The fourth-order valence-electron chi connectivity index (χ4n) is 1.97. The summed E-state index contributed by atoms with van der Waals surface area (Å²) >= 11 is 0. The largest absolute Gasteiger partial charge is 0.0772 e. The number of hydrogen-bond donors (Lipinski definition) is 0. The van der Waals surface area contributed by atoms with Gasteiger partial charge in [-0.2, -0.15) is 0 Å². The SMILES string of the molecule is CCCCCC(CCC)C(C)=C(C)C. The van der Waals surface area contributed by atoms with E-state index in [-0.39, 0.29) is 0 Å². The second-order valence-corrected chi connectivity index (χ2v) is 4.66. The van der Waals surface area contributed by atoms with Crippen LogP contribution in [0.25, 0.3) is 0 Å². The third kappa shape index (κ3) is 5.47. The summed E-state index contributed by atoms with van der Waals surface area (Å²) in [6, 6.07) is 0. The number of allylic oxidation sites excluding steroid dienone is 2. The molecule has 0 amide bonds. The maximum Gasteiger partial charge on any atom is -0.0204 e. The predicted octanol–water partition coefficient (Wildman–Crippen LogP) is 5.34. The van der Waals surface area contributed by atoms with Gasteiger partial charge in [-0.25, -0.2) is 0 Å². The minimum atomic E-state index is 0.858. The minimum Gasteiger partial charge on any atom is -0.0772 e. The fourth-order valence-corrected chi connectivity index (χ4v) is 1.97. The Hall–Kier alpha value is -0.260. The lowest BCUT2D eigenvalue weighted by molar-refractivity contribution is 0.477. The monoisotopic (exact) mass is 196 g/mol. The van der Waals surface area contributed by atoms with Crippen molar-refractivity contribution in [2.45, 2.75) is 73.1 Å². The summed E-state index contributed by atoms with van der Waals surface area (Å²) in [7, 11) is 0. The molecule has 0 aliphatic heterocycles. The van der Waals surface area contributed by atoms with Crippen LogP contribution in [0.4, 0.5) is 0 Å². The van der Waals surface area contributed by atoms with Crippen LogP contribution < -0.4 is 0 Å². The van der Waals surface area contributed by atoms with Crippen molar-refractivity contribution in [3.05, 3.63) is 11.1 Å². The number of unbranched alkanes of at least 4 members (excludes halogenated alkanes) is 2. The summed E-state index contributed by atoms with van der Waals surface area (Å²) < 4.78 is 0. The molecule has 0 radical (unpaired) electrons. The van der Waals surface area contributed by atoms with Gasteiger partial charge in [0, 0.05) is 0 Å². The highest BCUT2D eigenvalue weighted by Gasteiger charge is 2.10. The summed E-state index contributed by atoms with van der Waals surface area (Å²) in [4.78, 5) is 0. The van der Waals surface area contributed by atoms with E-state index in [0.717, 1.165) is 5.92 Å². The van der Waals surface area contributed by atoms with E-state index in [9.17, 15) is 0 Å². The molecule has 0 saturated carbocycles. The van der Waals surface area contributed by atoms with E-state index in [2.05, 4.69) is 34.6 Å². The third-order valence-electron chi connectivity index (χ3n) is 3.19. The normalized spacial score (nSPS) is 12.6. The summed E-state index contributed by atoms with van der Waals surface area (Å²) in [6.45, 7) is 11.4. The molecule has 0 saturated heterocycles. The Bertz CT molecular complexity index is 161. The van der Waals surface area contributed by atoms with Crippen LogP contribution in [0.1, 0.15) is 73.1 Å². The first kappa shape index (κ1) is 13.7. The van der Waals surface area contributed by atoms with Crippen LogP contribution in [0.15, 0.2) is 11.1 Å². The molecule has 0 nitrogen and oxygen atoms in total. The van der Waals surface area contributed by atoms with Crippen molar-refractivity contribution < 1.29 is 0 Å². The van der Waals surface area contributed by atoms with Gasteiger partial charge >= 0.3 is 0 Å². The fraction of sp³-hybridized carbons (Fsp3) is 0.857. The van der Waals surface area contributed by atoms with E-state index in [1.54, 1.807) is 5.57 Å². The van der Waals surface area contributed by atoms with Crippen LogP contribution >= 0.6 is 0 Å². The molecule has 0 aliphatic rings. The maximum absolute atomic E-state index is 2.32. The predicted molar refractivity (Wildman–Crippen MR) is 66.6 cm³/mol. The molecule has 1 atom stereocenters. The van der Waals surface area contributed by atoms with Crippen molar-refractivity contribution in [1.29, 1.82) is 0 Å². The molecule has 0 spiro atoms. The molecular formula is C14H28. The topological polar surface area (TPSA) is 0 Å². The molecule has 0 bridgehead atoms. The molecule has 0 rings (SSSR count). The minimum absolute atomic E-state index is 0.858. The summed E-state index contributed by atoms with van der Waals surface area (Å²) in [5, 5.41) is 0. The standard InChI is InChI=1S/C14H28/c1-6-8-9-11-14(10-7-2)13(5)12(3)4/h14H,6-11H2,1-5H3. The Kier molecular flexibility index (Phi) is 7.93. The zero-order valence-electron chi connectivity index (χ0n) is 10.8. The molecule has 0 heterocycles. The van der Waals surface area contributed by atoms with Gasteiger partial charge in [-0.1, -0.05) is 50.7 Å². The highest BCUT2D eigenvalue weighted by Crippen LogP contribution is 2.25. The molecule has 0 aliphatic carbocycles. The van der Waals surface area contributed by atoms with E-state index >= 15 is 0 Å². The molecule has 0 aromatic heterocycles. The van der Waals surface area contributed by atoms with Gasteiger partial charge in [0.2, 0.25) is 0 Å². The highest BCUT2D eigenvalue weighted by atomic mass is 14.2. The van der Waals surface area contributed by atoms with Crippen molar-refractivity contribution in [1.82, 2.24) is 0 Å².